The summed E-state index contributed by atoms with van der Waals surface area (Å²) in [4.78, 5) is 23.9. The van der Waals surface area contributed by atoms with Gasteiger partial charge in [0.1, 0.15) is 0 Å². The zero-order chi connectivity index (χ0) is 16.8. The van der Waals surface area contributed by atoms with Gasteiger partial charge in [-0.25, -0.2) is 0 Å². The van der Waals surface area contributed by atoms with E-state index < -0.39 is 5.91 Å². The summed E-state index contributed by atoms with van der Waals surface area (Å²) in [6.45, 7) is 2.35. The summed E-state index contributed by atoms with van der Waals surface area (Å²) >= 11 is 8.22. The fourth-order valence-corrected chi connectivity index (χ4v) is 2.31. The van der Waals surface area contributed by atoms with Crippen LogP contribution in [-0.2, 0) is 0 Å². The highest BCUT2D eigenvalue weighted by Gasteiger charge is 2.14. The third-order valence-electron chi connectivity index (χ3n) is 2.78. The van der Waals surface area contributed by atoms with E-state index in [4.69, 9.17) is 16.6 Å². The molecule has 2 aromatic rings. The number of anilines is 1. The van der Waals surface area contributed by atoms with Crippen LogP contribution in [-0.4, -0.2) is 23.5 Å². The Morgan fingerprint density at radius 3 is 2.57 bits per heavy atom. The lowest BCUT2D eigenvalue weighted by Crippen LogP contribution is -2.34. The number of rotatable bonds is 4. The van der Waals surface area contributed by atoms with Gasteiger partial charge in [-0.1, -0.05) is 12.1 Å². The van der Waals surface area contributed by atoms with Gasteiger partial charge in [-0.2, -0.15) is 0 Å². The molecule has 0 saturated heterocycles. The number of carbonyl (C=O) groups excluding carboxylic acids is 2. The lowest BCUT2D eigenvalue weighted by molar-refractivity contribution is 0.0945. The van der Waals surface area contributed by atoms with Gasteiger partial charge in [0, 0.05) is 6.54 Å². The normalized spacial score (nSPS) is 10.0. The highest BCUT2D eigenvalue weighted by molar-refractivity contribution is 9.10. The summed E-state index contributed by atoms with van der Waals surface area (Å²) in [5.41, 5.74) is 0.941. The van der Waals surface area contributed by atoms with Gasteiger partial charge in [0.25, 0.3) is 11.8 Å². The molecule has 0 atom stereocenters. The van der Waals surface area contributed by atoms with Gasteiger partial charge in [-0.05, 0) is 59.3 Å². The molecule has 1 aromatic heterocycles. The van der Waals surface area contributed by atoms with Crippen LogP contribution in [0.15, 0.2) is 45.5 Å². The molecule has 0 aliphatic carbocycles. The minimum atomic E-state index is -0.483. The Hall–Kier alpha value is -2.19. The van der Waals surface area contributed by atoms with Crippen molar-refractivity contribution in [2.45, 2.75) is 6.92 Å². The average Bonchev–Trinajstić information content (AvgIpc) is 2.94. The fourth-order valence-electron chi connectivity index (χ4n) is 1.80. The highest BCUT2D eigenvalue weighted by atomic mass is 79.9. The van der Waals surface area contributed by atoms with Gasteiger partial charge in [0.2, 0.25) is 0 Å². The Labute approximate surface area is 146 Å². The summed E-state index contributed by atoms with van der Waals surface area (Å²) < 4.78 is 5.59. The minimum absolute atomic E-state index is 0.0688. The number of halogens is 1. The molecule has 6 nitrogen and oxygen atoms in total. The molecular formula is C15H14BrN3O3S. The molecular weight excluding hydrogens is 382 g/mol. The van der Waals surface area contributed by atoms with Crippen LogP contribution in [0.1, 0.15) is 27.8 Å². The van der Waals surface area contributed by atoms with Crippen molar-refractivity contribution in [1.29, 1.82) is 0 Å². The lowest BCUT2D eigenvalue weighted by atomic mass is 10.1. The number of hydrogen-bond acceptors (Lipinski definition) is 4. The van der Waals surface area contributed by atoms with Crippen molar-refractivity contribution in [2.24, 2.45) is 0 Å². The number of carbonyl (C=O) groups is 2. The molecule has 0 aliphatic rings. The molecule has 0 radical (unpaired) electrons. The van der Waals surface area contributed by atoms with Gasteiger partial charge in [0.05, 0.1) is 11.3 Å². The largest absolute Gasteiger partial charge is 0.444 e. The smallest absolute Gasteiger partial charge is 0.293 e. The quantitative estimate of drug-likeness (QED) is 0.693. The SMILES string of the molecule is CCNC(=O)c1ccccc1NC(=S)NC(=O)c1ccc(Br)o1. The van der Waals surface area contributed by atoms with Gasteiger partial charge in [-0.15, -0.1) is 0 Å². The van der Waals surface area contributed by atoms with Crippen LogP contribution in [0.3, 0.4) is 0 Å². The molecule has 0 spiro atoms. The number of furan rings is 1. The van der Waals surface area contributed by atoms with E-state index in [0.717, 1.165) is 0 Å². The molecule has 0 unspecified atom stereocenters. The molecule has 23 heavy (non-hydrogen) atoms. The Bertz CT molecular complexity index is 745. The number of para-hydroxylation sites is 1. The molecule has 0 aliphatic heterocycles. The van der Waals surface area contributed by atoms with Crippen molar-refractivity contribution in [3.63, 3.8) is 0 Å². The van der Waals surface area contributed by atoms with Crippen molar-refractivity contribution >= 4 is 50.8 Å². The van der Waals surface area contributed by atoms with Crippen molar-refractivity contribution in [2.75, 3.05) is 11.9 Å². The first kappa shape index (κ1) is 17.2. The molecule has 8 heteroatoms. The van der Waals surface area contributed by atoms with Crippen LogP contribution in [0.25, 0.3) is 0 Å². The number of nitrogens with one attached hydrogen (secondary N) is 3. The average molecular weight is 396 g/mol. The van der Waals surface area contributed by atoms with Crippen LogP contribution in [0.5, 0.6) is 0 Å². The standard InChI is InChI=1S/C15H14BrN3O3S/c1-2-17-13(20)9-5-3-4-6-10(9)18-15(23)19-14(21)11-7-8-12(16)22-11/h3-8H,2H2,1H3,(H,17,20)(H2,18,19,21,23). The number of thiocarbonyl (C=S) groups is 1. The highest BCUT2D eigenvalue weighted by Crippen LogP contribution is 2.16. The second kappa shape index (κ2) is 7.89. The number of hydrogen-bond donors (Lipinski definition) is 3. The first-order valence-corrected chi connectivity index (χ1v) is 7.96. The summed E-state index contributed by atoms with van der Waals surface area (Å²) in [7, 11) is 0. The third kappa shape index (κ3) is 4.64. The van der Waals surface area contributed by atoms with E-state index in [2.05, 4.69) is 31.9 Å². The lowest BCUT2D eigenvalue weighted by Gasteiger charge is -2.12. The van der Waals surface area contributed by atoms with E-state index in [1.807, 2.05) is 6.92 Å². The zero-order valence-electron chi connectivity index (χ0n) is 12.2. The summed E-state index contributed by atoms with van der Waals surface area (Å²) in [5, 5.41) is 8.12. The van der Waals surface area contributed by atoms with Crippen molar-refractivity contribution in [3.05, 3.63) is 52.4 Å². The first-order chi connectivity index (χ1) is 11.0. The third-order valence-corrected chi connectivity index (χ3v) is 3.41. The molecule has 0 saturated carbocycles. The number of benzene rings is 1. The van der Waals surface area contributed by atoms with Crippen LogP contribution < -0.4 is 16.0 Å². The summed E-state index contributed by atoms with van der Waals surface area (Å²) in [5.74, 6) is -0.582. The van der Waals surface area contributed by atoms with Gasteiger partial charge >= 0.3 is 0 Å². The van der Waals surface area contributed by atoms with E-state index in [1.165, 1.54) is 6.07 Å². The van der Waals surface area contributed by atoms with Gasteiger partial charge < -0.3 is 15.1 Å². The van der Waals surface area contributed by atoms with Gasteiger partial charge in [-0.3, -0.25) is 14.9 Å². The Morgan fingerprint density at radius 2 is 1.91 bits per heavy atom. The fraction of sp³-hybridized carbons (Fsp3) is 0.133. The molecule has 120 valence electrons. The maximum Gasteiger partial charge on any atom is 0.293 e. The molecule has 1 aromatic carbocycles. The molecule has 2 amide bonds. The molecule has 0 fully saturated rings. The van der Waals surface area contributed by atoms with E-state index in [0.29, 0.717) is 22.5 Å². The maximum absolute atomic E-state index is 12.0. The van der Waals surface area contributed by atoms with Crippen molar-refractivity contribution in [1.82, 2.24) is 10.6 Å². The van der Waals surface area contributed by atoms with Crippen LogP contribution in [0.2, 0.25) is 0 Å². The maximum atomic E-state index is 12.0. The predicted molar refractivity (Wildman–Crippen MR) is 94.5 cm³/mol. The Kier molecular flexibility index (Phi) is 5.89. The van der Waals surface area contributed by atoms with E-state index in [-0.39, 0.29) is 16.8 Å². The van der Waals surface area contributed by atoms with Crippen molar-refractivity contribution in [3.8, 4) is 0 Å². The number of amides is 2. The monoisotopic (exact) mass is 395 g/mol. The minimum Gasteiger partial charge on any atom is -0.444 e. The molecule has 0 bridgehead atoms. The Morgan fingerprint density at radius 1 is 1.17 bits per heavy atom. The first-order valence-electron chi connectivity index (χ1n) is 6.76. The summed E-state index contributed by atoms with van der Waals surface area (Å²) in [6.07, 6.45) is 0. The summed E-state index contributed by atoms with van der Waals surface area (Å²) in [6, 6.07) is 10.0. The molecule has 1 heterocycles. The molecule has 2 rings (SSSR count). The van der Waals surface area contributed by atoms with Crippen molar-refractivity contribution < 1.29 is 14.0 Å². The van der Waals surface area contributed by atoms with Crippen LogP contribution in [0.4, 0.5) is 5.69 Å². The van der Waals surface area contributed by atoms with Gasteiger partial charge in [0.15, 0.2) is 15.5 Å². The Balaban J connectivity index is 2.06. The van der Waals surface area contributed by atoms with E-state index in [9.17, 15) is 9.59 Å². The van der Waals surface area contributed by atoms with E-state index in [1.54, 1.807) is 30.3 Å². The van der Waals surface area contributed by atoms with Crippen LogP contribution in [0, 0.1) is 0 Å². The zero-order valence-corrected chi connectivity index (χ0v) is 14.6. The second-order valence-electron chi connectivity index (χ2n) is 4.42. The van der Waals surface area contributed by atoms with E-state index >= 15 is 0 Å². The predicted octanol–water partition coefficient (Wildman–Crippen LogP) is 2.92. The van der Waals surface area contributed by atoms with Crippen LogP contribution >= 0.6 is 28.1 Å². The second-order valence-corrected chi connectivity index (χ2v) is 5.61. The molecule has 3 N–H and O–H groups in total. The topological polar surface area (TPSA) is 83.4 Å².